The van der Waals surface area contributed by atoms with Crippen molar-refractivity contribution in [3.05, 3.63) is 24.3 Å². The van der Waals surface area contributed by atoms with Gasteiger partial charge in [0.15, 0.2) is 0 Å². The highest BCUT2D eigenvalue weighted by Crippen LogP contribution is 2.20. The summed E-state index contributed by atoms with van der Waals surface area (Å²) in [6.07, 6.45) is 0. The molecule has 1 saturated heterocycles. The molecule has 0 unspecified atom stereocenters. The second kappa shape index (κ2) is 7.92. The molecule has 92 valence electrons. The van der Waals surface area contributed by atoms with E-state index < -0.39 is 0 Å². The van der Waals surface area contributed by atoms with Gasteiger partial charge in [-0.2, -0.15) is 0 Å². The van der Waals surface area contributed by atoms with Crippen molar-refractivity contribution in [1.29, 1.82) is 0 Å². The van der Waals surface area contributed by atoms with Crippen LogP contribution in [-0.4, -0.2) is 33.3 Å². The van der Waals surface area contributed by atoms with Crippen molar-refractivity contribution in [3.63, 3.8) is 0 Å². The summed E-state index contributed by atoms with van der Waals surface area (Å²) in [5.74, 6) is 0.932. The zero-order valence-electron chi connectivity index (χ0n) is 9.31. The molecular weight excluding hydrogens is 336 g/mol. The summed E-state index contributed by atoms with van der Waals surface area (Å²) in [5, 5.41) is 3.34. The van der Waals surface area contributed by atoms with Gasteiger partial charge in [0.1, 0.15) is 5.75 Å². The summed E-state index contributed by atoms with van der Waals surface area (Å²) >= 11 is 0. The minimum absolute atomic E-state index is 0. The Kier molecular flexibility index (Phi) is 7.80. The van der Waals surface area contributed by atoms with Crippen molar-refractivity contribution in [1.82, 2.24) is 5.32 Å². The molecule has 0 radical (unpaired) electrons. The van der Waals surface area contributed by atoms with Gasteiger partial charge in [-0.1, -0.05) is 6.07 Å². The number of nitrogens with one attached hydrogen (secondary N) is 1. The van der Waals surface area contributed by atoms with Gasteiger partial charge in [-0.15, -0.1) is 34.0 Å². The minimum atomic E-state index is 0. The molecule has 1 aromatic rings. The number of halogens is 2. The molecule has 1 aliphatic heterocycles. The van der Waals surface area contributed by atoms with Crippen molar-refractivity contribution in [2.75, 3.05) is 38.2 Å². The van der Waals surface area contributed by atoms with Crippen LogP contribution in [0.25, 0.3) is 0 Å². The molecule has 1 fully saturated rings. The fraction of sp³-hybridized carbons (Fsp3) is 0.455. The Morgan fingerprint density at radius 1 is 1.19 bits per heavy atom. The molecule has 5 heteroatoms. The third kappa shape index (κ3) is 3.96. The van der Waals surface area contributed by atoms with Gasteiger partial charge in [0.2, 0.25) is 0 Å². The molecule has 1 N–H and O–H groups in total. The second-order valence-corrected chi connectivity index (χ2v) is 3.44. The third-order valence-corrected chi connectivity index (χ3v) is 2.54. The summed E-state index contributed by atoms with van der Waals surface area (Å²) in [7, 11) is 1.71. The van der Waals surface area contributed by atoms with Crippen LogP contribution in [0.4, 0.5) is 5.69 Å². The Labute approximate surface area is 118 Å². The normalized spacial score (nSPS) is 14.7. The number of piperazine rings is 1. The van der Waals surface area contributed by atoms with Gasteiger partial charge >= 0.3 is 0 Å². The Morgan fingerprint density at radius 3 is 2.50 bits per heavy atom. The predicted octanol–water partition coefficient (Wildman–Crippen LogP) is 2.26. The molecule has 1 aromatic carbocycles. The molecule has 0 bridgehead atoms. The lowest BCUT2D eigenvalue weighted by atomic mass is 10.2. The fourth-order valence-corrected chi connectivity index (χ4v) is 1.73. The average molecular weight is 354 g/mol. The predicted molar refractivity (Wildman–Crippen MR) is 78.7 cm³/mol. The molecule has 2 rings (SSSR count). The summed E-state index contributed by atoms with van der Waals surface area (Å²) in [5.41, 5.74) is 1.26. The fourth-order valence-electron chi connectivity index (χ4n) is 1.73. The van der Waals surface area contributed by atoms with Gasteiger partial charge in [0.25, 0.3) is 0 Å². The van der Waals surface area contributed by atoms with E-state index in [1.165, 1.54) is 5.69 Å². The number of ether oxygens (including phenoxy) is 1. The molecule has 0 amide bonds. The van der Waals surface area contributed by atoms with Gasteiger partial charge in [-0.05, 0) is 12.1 Å². The maximum atomic E-state index is 5.20. The first kappa shape index (κ1) is 15.7. The molecule has 3 nitrogen and oxygen atoms in total. The highest BCUT2D eigenvalue weighted by molar-refractivity contribution is 8.93. The van der Waals surface area contributed by atoms with Gasteiger partial charge in [0, 0.05) is 37.9 Å². The first-order chi connectivity index (χ1) is 6.90. The van der Waals surface area contributed by atoms with E-state index in [-0.39, 0.29) is 34.0 Å². The lowest BCUT2D eigenvalue weighted by Gasteiger charge is -2.29. The van der Waals surface area contributed by atoms with E-state index in [9.17, 15) is 0 Å². The lowest BCUT2D eigenvalue weighted by Crippen LogP contribution is -2.43. The summed E-state index contributed by atoms with van der Waals surface area (Å²) in [6, 6.07) is 8.24. The van der Waals surface area contributed by atoms with Crippen LogP contribution in [0.1, 0.15) is 0 Å². The molecule has 0 saturated carbocycles. The molecule has 0 aromatic heterocycles. The third-order valence-electron chi connectivity index (χ3n) is 2.54. The van der Waals surface area contributed by atoms with E-state index in [2.05, 4.69) is 22.3 Å². The Balaban J connectivity index is 0.00000112. The maximum Gasteiger partial charge on any atom is 0.120 e. The van der Waals surface area contributed by atoms with E-state index >= 15 is 0 Å². The zero-order chi connectivity index (χ0) is 9.80. The van der Waals surface area contributed by atoms with Crippen molar-refractivity contribution in [3.8, 4) is 5.75 Å². The van der Waals surface area contributed by atoms with E-state index in [1.54, 1.807) is 7.11 Å². The number of hydrogen-bond donors (Lipinski definition) is 1. The van der Waals surface area contributed by atoms with E-state index in [0.29, 0.717) is 0 Å². The molecule has 16 heavy (non-hydrogen) atoms. The van der Waals surface area contributed by atoms with Crippen LogP contribution < -0.4 is 15.0 Å². The van der Waals surface area contributed by atoms with Crippen molar-refractivity contribution < 1.29 is 4.74 Å². The topological polar surface area (TPSA) is 24.5 Å². The zero-order valence-corrected chi connectivity index (χ0v) is 12.7. The number of hydrogen-bond acceptors (Lipinski definition) is 3. The standard InChI is InChI=1S/C11H16N2O.2BrH/c1-14-11-4-2-3-10(9-11)13-7-5-12-6-8-13;;/h2-4,9,12H,5-8H2,1H3;2*1H. The molecule has 0 spiro atoms. The van der Waals surface area contributed by atoms with Crippen LogP contribution in [-0.2, 0) is 0 Å². The summed E-state index contributed by atoms with van der Waals surface area (Å²) in [4.78, 5) is 2.37. The summed E-state index contributed by atoms with van der Waals surface area (Å²) < 4.78 is 5.20. The van der Waals surface area contributed by atoms with Gasteiger partial charge < -0.3 is 15.0 Å². The Bertz CT molecular complexity index is 304. The number of anilines is 1. The Morgan fingerprint density at radius 2 is 1.88 bits per heavy atom. The van der Waals surface area contributed by atoms with Crippen molar-refractivity contribution >= 4 is 39.7 Å². The van der Waals surface area contributed by atoms with E-state index in [4.69, 9.17) is 4.74 Å². The van der Waals surface area contributed by atoms with Crippen LogP contribution in [0, 0.1) is 0 Å². The molecular formula is C11H18Br2N2O. The molecule has 0 atom stereocenters. The van der Waals surface area contributed by atoms with E-state index in [0.717, 1.165) is 31.9 Å². The maximum absolute atomic E-state index is 5.20. The number of rotatable bonds is 2. The van der Waals surface area contributed by atoms with Crippen LogP contribution in [0.15, 0.2) is 24.3 Å². The van der Waals surface area contributed by atoms with Crippen LogP contribution in [0.5, 0.6) is 5.75 Å². The van der Waals surface area contributed by atoms with Crippen molar-refractivity contribution in [2.45, 2.75) is 0 Å². The summed E-state index contributed by atoms with van der Waals surface area (Å²) in [6.45, 7) is 4.29. The minimum Gasteiger partial charge on any atom is -0.497 e. The number of benzene rings is 1. The van der Waals surface area contributed by atoms with Crippen molar-refractivity contribution in [2.24, 2.45) is 0 Å². The highest BCUT2D eigenvalue weighted by atomic mass is 79.9. The highest BCUT2D eigenvalue weighted by Gasteiger charge is 2.10. The number of nitrogens with zero attached hydrogens (tertiary/aromatic N) is 1. The average Bonchev–Trinajstić information content (AvgIpc) is 2.30. The van der Waals surface area contributed by atoms with E-state index in [1.807, 2.05) is 12.1 Å². The lowest BCUT2D eigenvalue weighted by molar-refractivity contribution is 0.414. The van der Waals surface area contributed by atoms with Gasteiger partial charge in [-0.3, -0.25) is 0 Å². The molecule has 1 heterocycles. The largest absolute Gasteiger partial charge is 0.497 e. The van der Waals surface area contributed by atoms with Crippen LogP contribution in [0.2, 0.25) is 0 Å². The smallest absolute Gasteiger partial charge is 0.120 e. The molecule has 0 aliphatic carbocycles. The monoisotopic (exact) mass is 352 g/mol. The van der Waals surface area contributed by atoms with Crippen LogP contribution >= 0.6 is 34.0 Å². The SMILES string of the molecule is Br.Br.COc1cccc(N2CCNCC2)c1. The first-order valence-corrected chi connectivity index (χ1v) is 5.00. The number of methoxy groups -OCH3 is 1. The first-order valence-electron chi connectivity index (χ1n) is 5.00. The Hall–Kier alpha value is -0.260. The quantitative estimate of drug-likeness (QED) is 0.882. The van der Waals surface area contributed by atoms with Crippen LogP contribution in [0.3, 0.4) is 0 Å². The molecule has 1 aliphatic rings. The second-order valence-electron chi connectivity index (χ2n) is 3.44. The van der Waals surface area contributed by atoms with Gasteiger partial charge in [0.05, 0.1) is 7.11 Å². The van der Waals surface area contributed by atoms with Gasteiger partial charge in [-0.25, -0.2) is 0 Å².